The molecule has 1 saturated heterocycles. The number of hydrogen-bond donors (Lipinski definition) is 1. The van der Waals surface area contributed by atoms with Crippen LogP contribution in [0.5, 0.6) is 0 Å². The summed E-state index contributed by atoms with van der Waals surface area (Å²) < 4.78 is 31.1. The molecule has 1 aromatic carbocycles. The number of aromatic nitrogens is 3. The summed E-state index contributed by atoms with van der Waals surface area (Å²) in [4.78, 5) is 39.2. The Bertz CT molecular complexity index is 1990. The maximum Gasteiger partial charge on any atom is 0.276 e. The molecule has 1 aliphatic heterocycles. The second-order valence-electron chi connectivity index (χ2n) is 10.7. The van der Waals surface area contributed by atoms with Gasteiger partial charge in [-0.05, 0) is 36.6 Å². The molecule has 9 nitrogen and oxygen atoms in total. The van der Waals surface area contributed by atoms with Crippen LogP contribution in [-0.4, -0.2) is 51.5 Å². The second kappa shape index (κ2) is 12.3. The van der Waals surface area contributed by atoms with Crippen molar-refractivity contribution < 1.29 is 13.6 Å². The lowest BCUT2D eigenvalue weighted by Crippen LogP contribution is -2.49. The lowest BCUT2D eigenvalue weighted by Gasteiger charge is -2.36. The number of pyridine rings is 3. The highest BCUT2D eigenvalue weighted by molar-refractivity contribution is 6.39. The number of fused-ring (bicyclic) bond motifs is 1. The second-order valence-corrected chi connectivity index (χ2v) is 11.9. The largest absolute Gasteiger partial charge is 0.396 e. The van der Waals surface area contributed by atoms with E-state index in [1.807, 2.05) is 13.8 Å². The number of halogens is 5. The van der Waals surface area contributed by atoms with Gasteiger partial charge in [-0.1, -0.05) is 55.2 Å². The zero-order chi connectivity index (χ0) is 32.9. The third kappa shape index (κ3) is 5.27. The van der Waals surface area contributed by atoms with E-state index in [2.05, 4.69) is 17.6 Å². The molecular formula is C31H26Cl3F2N7O2. The van der Waals surface area contributed by atoms with E-state index < -0.39 is 32.9 Å². The van der Waals surface area contributed by atoms with Crippen LogP contribution in [0.15, 0.2) is 35.8 Å². The number of carbonyl (C=O) groups is 1. The summed E-state index contributed by atoms with van der Waals surface area (Å²) in [5.41, 5.74) is 5.85. The molecule has 4 aromatic rings. The standard InChI is InChI=1S/C31H26Cl3F2N7O2/c1-5-19(44)41-8-10-42(11-9-41)29-16-12-18(32)27(20-21(33)23(35)22(34)24(36)25(20)38)40-30(16)43(31(45)17(29)13-37)28-15(4)6-7-39-26(28)14(2)3/h5-7,12,14H,1,8-11,38H2,2-4H3. The van der Waals surface area contributed by atoms with E-state index in [0.717, 1.165) is 0 Å². The highest BCUT2D eigenvalue weighted by Gasteiger charge is 2.31. The highest BCUT2D eigenvalue weighted by atomic mass is 35.5. The third-order valence-electron chi connectivity index (χ3n) is 7.74. The molecule has 3 aromatic heterocycles. The molecule has 1 amide bonds. The molecule has 0 saturated carbocycles. The first-order chi connectivity index (χ1) is 21.3. The van der Waals surface area contributed by atoms with Crippen LogP contribution < -0.4 is 16.2 Å². The van der Waals surface area contributed by atoms with Crippen LogP contribution in [0.25, 0.3) is 28.0 Å². The van der Waals surface area contributed by atoms with E-state index in [-0.39, 0.29) is 58.1 Å². The molecule has 4 heterocycles. The molecular weight excluding hydrogens is 647 g/mol. The number of benzene rings is 1. The van der Waals surface area contributed by atoms with Crippen molar-refractivity contribution in [2.75, 3.05) is 36.8 Å². The van der Waals surface area contributed by atoms with E-state index in [4.69, 9.17) is 45.5 Å². The third-order valence-corrected chi connectivity index (χ3v) is 8.71. The molecule has 0 aliphatic carbocycles. The van der Waals surface area contributed by atoms with Crippen molar-refractivity contribution in [1.29, 1.82) is 5.26 Å². The first-order valence-electron chi connectivity index (χ1n) is 13.8. The minimum absolute atomic E-state index is 0.0160. The number of rotatable bonds is 5. The van der Waals surface area contributed by atoms with E-state index in [1.54, 1.807) is 29.0 Å². The molecule has 45 heavy (non-hydrogen) atoms. The molecule has 232 valence electrons. The van der Waals surface area contributed by atoms with Crippen molar-refractivity contribution in [3.63, 3.8) is 0 Å². The molecule has 0 bridgehead atoms. The number of amides is 1. The van der Waals surface area contributed by atoms with Crippen LogP contribution >= 0.6 is 34.8 Å². The fraction of sp³-hybridized carbons (Fsp3) is 0.258. The summed E-state index contributed by atoms with van der Waals surface area (Å²) in [5, 5.41) is 9.06. The molecule has 0 spiro atoms. The summed E-state index contributed by atoms with van der Waals surface area (Å²) in [6.45, 7) is 10.3. The van der Waals surface area contributed by atoms with Gasteiger partial charge in [0.05, 0.1) is 38.5 Å². The molecule has 1 aliphatic rings. The Hall–Kier alpha value is -4.24. The normalized spacial score (nSPS) is 13.4. The molecule has 2 N–H and O–H groups in total. The van der Waals surface area contributed by atoms with Gasteiger partial charge in [0.2, 0.25) is 5.91 Å². The van der Waals surface area contributed by atoms with E-state index >= 15 is 0 Å². The Morgan fingerprint density at radius 1 is 1.13 bits per heavy atom. The van der Waals surface area contributed by atoms with Gasteiger partial charge in [-0.2, -0.15) is 5.26 Å². The molecule has 1 fully saturated rings. The van der Waals surface area contributed by atoms with Gasteiger partial charge in [-0.15, -0.1) is 0 Å². The Balaban J connectivity index is 1.93. The number of anilines is 2. The lowest BCUT2D eigenvalue weighted by atomic mass is 10.0. The number of hydrogen-bond acceptors (Lipinski definition) is 7. The van der Waals surface area contributed by atoms with Crippen LogP contribution in [0.4, 0.5) is 20.2 Å². The zero-order valence-corrected chi connectivity index (χ0v) is 26.7. The van der Waals surface area contributed by atoms with Crippen LogP contribution in [0.3, 0.4) is 0 Å². The first-order valence-corrected chi connectivity index (χ1v) is 14.9. The van der Waals surface area contributed by atoms with E-state index in [1.165, 1.54) is 16.7 Å². The SMILES string of the molecule is C=CC(=O)N1CCN(c2c(C#N)c(=O)n(-c3c(C)ccnc3C(C)C)c3nc(-c4c(N)c(F)c(Cl)c(F)c4Cl)c(Cl)cc23)CC1. The number of nitrogen functional groups attached to an aromatic ring is 1. The summed E-state index contributed by atoms with van der Waals surface area (Å²) in [7, 11) is 0. The van der Waals surface area contributed by atoms with Crippen molar-refractivity contribution in [1.82, 2.24) is 19.4 Å². The number of carbonyl (C=O) groups excluding carboxylic acids is 1. The van der Waals surface area contributed by atoms with Gasteiger partial charge in [0.25, 0.3) is 5.56 Å². The maximum absolute atomic E-state index is 14.9. The smallest absolute Gasteiger partial charge is 0.276 e. The summed E-state index contributed by atoms with van der Waals surface area (Å²) in [6.07, 6.45) is 2.83. The van der Waals surface area contributed by atoms with Crippen LogP contribution in [0.2, 0.25) is 15.1 Å². The number of nitrogens with zero attached hydrogens (tertiary/aromatic N) is 6. The lowest BCUT2D eigenvalue weighted by molar-refractivity contribution is -0.126. The molecule has 0 radical (unpaired) electrons. The summed E-state index contributed by atoms with van der Waals surface area (Å²) >= 11 is 18.8. The highest BCUT2D eigenvalue weighted by Crippen LogP contribution is 2.44. The van der Waals surface area contributed by atoms with Crippen molar-refractivity contribution in [2.45, 2.75) is 26.7 Å². The number of nitrogens with two attached hydrogens (primary N) is 1. The van der Waals surface area contributed by atoms with Gasteiger partial charge < -0.3 is 15.5 Å². The number of nitriles is 1. The zero-order valence-electron chi connectivity index (χ0n) is 24.4. The van der Waals surface area contributed by atoms with Gasteiger partial charge in [-0.3, -0.25) is 19.1 Å². The minimum atomic E-state index is -1.26. The van der Waals surface area contributed by atoms with Crippen LogP contribution in [0.1, 0.15) is 36.6 Å². The molecule has 0 atom stereocenters. The molecule has 0 unspecified atom stereocenters. The average Bonchev–Trinajstić information content (AvgIpc) is 3.02. The van der Waals surface area contributed by atoms with E-state index in [0.29, 0.717) is 35.4 Å². The molecule has 14 heteroatoms. The Kier molecular flexibility index (Phi) is 8.77. The van der Waals surface area contributed by atoms with Crippen LogP contribution in [-0.2, 0) is 4.79 Å². The number of piperazine rings is 1. The van der Waals surface area contributed by atoms with Crippen LogP contribution in [0, 0.1) is 29.9 Å². The Morgan fingerprint density at radius 3 is 2.40 bits per heavy atom. The monoisotopic (exact) mass is 671 g/mol. The van der Waals surface area contributed by atoms with Crippen molar-refractivity contribution in [3.05, 3.63) is 84.9 Å². The van der Waals surface area contributed by atoms with Gasteiger partial charge >= 0.3 is 0 Å². The van der Waals surface area contributed by atoms with Gasteiger partial charge in [0, 0.05) is 43.3 Å². The Morgan fingerprint density at radius 2 is 1.80 bits per heavy atom. The first kappa shape index (κ1) is 32.2. The topological polar surface area (TPSA) is 121 Å². The maximum atomic E-state index is 14.9. The van der Waals surface area contributed by atoms with Crippen molar-refractivity contribution in [2.24, 2.45) is 0 Å². The van der Waals surface area contributed by atoms with Crippen molar-refractivity contribution >= 4 is 63.1 Å². The molecule has 5 rings (SSSR count). The predicted octanol–water partition coefficient (Wildman–Crippen LogP) is 6.41. The van der Waals surface area contributed by atoms with Gasteiger partial charge in [-0.25, -0.2) is 13.8 Å². The van der Waals surface area contributed by atoms with Gasteiger partial charge in [0.15, 0.2) is 11.6 Å². The number of aryl methyl sites for hydroxylation is 1. The summed E-state index contributed by atoms with van der Waals surface area (Å²) in [5.74, 6) is -2.90. The predicted molar refractivity (Wildman–Crippen MR) is 172 cm³/mol. The van der Waals surface area contributed by atoms with E-state index in [9.17, 15) is 23.6 Å². The fourth-order valence-electron chi connectivity index (χ4n) is 5.52. The quantitative estimate of drug-likeness (QED) is 0.113. The Labute approximate surface area is 272 Å². The minimum Gasteiger partial charge on any atom is -0.396 e. The van der Waals surface area contributed by atoms with Gasteiger partial charge in [0.1, 0.15) is 22.3 Å². The fourth-order valence-corrected chi connectivity index (χ4v) is 6.30. The van der Waals surface area contributed by atoms with Crippen molar-refractivity contribution in [3.8, 4) is 23.0 Å². The average molecular weight is 673 g/mol. The summed E-state index contributed by atoms with van der Waals surface area (Å²) in [6, 6.07) is 5.23.